The number of hydrogen-bond acceptors (Lipinski definition) is 1. The van der Waals surface area contributed by atoms with E-state index >= 15 is 0 Å². The van der Waals surface area contributed by atoms with Gasteiger partial charge in [0, 0.05) is 6.42 Å². The molecule has 0 aliphatic heterocycles. The van der Waals surface area contributed by atoms with Crippen molar-refractivity contribution in [2.75, 3.05) is 0 Å². The third-order valence-electron chi connectivity index (χ3n) is 3.23. The second-order valence-electron chi connectivity index (χ2n) is 4.94. The van der Waals surface area contributed by atoms with Gasteiger partial charge in [0.05, 0.1) is 11.7 Å². The van der Waals surface area contributed by atoms with Crippen molar-refractivity contribution in [2.24, 2.45) is 0 Å². The fourth-order valence-corrected chi connectivity index (χ4v) is 2.03. The first-order chi connectivity index (χ1) is 9.77. The largest absolute Gasteiger partial charge is 0.419 e. The average Bonchev–Trinajstić information content (AvgIpc) is 2.39. The van der Waals surface area contributed by atoms with Gasteiger partial charge < -0.3 is 5.11 Å². The lowest BCUT2D eigenvalue weighted by molar-refractivity contribution is -0.140. The van der Waals surface area contributed by atoms with Gasteiger partial charge in [0.2, 0.25) is 0 Å². The molecule has 0 heterocycles. The van der Waals surface area contributed by atoms with E-state index in [4.69, 9.17) is 0 Å². The minimum atomic E-state index is -4.73. The van der Waals surface area contributed by atoms with E-state index in [-0.39, 0.29) is 12.0 Å². The molecule has 0 bridgehead atoms. The zero-order valence-electron chi connectivity index (χ0n) is 11.3. The van der Waals surface area contributed by atoms with Gasteiger partial charge in [-0.1, -0.05) is 35.9 Å². The Morgan fingerprint density at radius 3 is 2.19 bits per heavy atom. The Morgan fingerprint density at radius 1 is 1.05 bits per heavy atom. The third kappa shape index (κ3) is 3.82. The molecule has 0 fully saturated rings. The summed E-state index contributed by atoms with van der Waals surface area (Å²) in [5.74, 6) is -1.37. The van der Waals surface area contributed by atoms with Gasteiger partial charge in [-0.3, -0.25) is 0 Å². The number of rotatable bonds is 3. The molecule has 0 amide bonds. The molecule has 0 radical (unpaired) electrons. The van der Waals surface area contributed by atoms with Crippen LogP contribution >= 0.6 is 0 Å². The number of aryl methyl sites for hydroxylation is 1. The highest BCUT2D eigenvalue weighted by molar-refractivity contribution is 5.29. The Kier molecular flexibility index (Phi) is 4.32. The van der Waals surface area contributed by atoms with Gasteiger partial charge in [0.1, 0.15) is 5.82 Å². The van der Waals surface area contributed by atoms with Crippen molar-refractivity contribution in [3.05, 3.63) is 70.5 Å². The van der Waals surface area contributed by atoms with Crippen LogP contribution in [0, 0.1) is 12.7 Å². The van der Waals surface area contributed by atoms with Gasteiger partial charge >= 0.3 is 6.18 Å². The predicted octanol–water partition coefficient (Wildman–Crippen LogP) is 4.43. The Hall–Kier alpha value is -1.88. The summed E-state index contributed by atoms with van der Waals surface area (Å²) >= 11 is 0. The van der Waals surface area contributed by atoms with E-state index in [1.54, 1.807) is 0 Å². The maximum atomic E-state index is 13.5. The van der Waals surface area contributed by atoms with Crippen molar-refractivity contribution in [3.8, 4) is 0 Å². The smallest absolute Gasteiger partial charge is 0.388 e. The summed E-state index contributed by atoms with van der Waals surface area (Å²) in [6, 6.07) is 9.87. The van der Waals surface area contributed by atoms with E-state index in [0.29, 0.717) is 6.07 Å². The zero-order valence-corrected chi connectivity index (χ0v) is 11.3. The Bertz CT molecular complexity index is 617. The molecule has 2 aromatic carbocycles. The molecule has 1 nitrogen and oxygen atoms in total. The lowest BCUT2D eigenvalue weighted by atomic mass is 9.99. The number of halogens is 4. The molecule has 0 saturated heterocycles. The van der Waals surface area contributed by atoms with Crippen LogP contribution in [0.1, 0.15) is 28.4 Å². The van der Waals surface area contributed by atoms with E-state index in [1.807, 2.05) is 31.2 Å². The molecule has 21 heavy (non-hydrogen) atoms. The molecule has 1 unspecified atom stereocenters. The lowest BCUT2D eigenvalue weighted by Gasteiger charge is -2.14. The van der Waals surface area contributed by atoms with Crippen LogP contribution in [0.25, 0.3) is 0 Å². The van der Waals surface area contributed by atoms with Gasteiger partial charge in [0.25, 0.3) is 0 Å². The summed E-state index contributed by atoms with van der Waals surface area (Å²) in [7, 11) is 0. The molecule has 0 aliphatic rings. The van der Waals surface area contributed by atoms with E-state index in [2.05, 4.69) is 0 Å². The molecule has 2 rings (SSSR count). The number of benzene rings is 2. The van der Waals surface area contributed by atoms with E-state index in [1.165, 1.54) is 0 Å². The first-order valence-electron chi connectivity index (χ1n) is 6.37. The first kappa shape index (κ1) is 15.5. The molecule has 0 aromatic heterocycles. The zero-order chi connectivity index (χ0) is 15.6. The van der Waals surface area contributed by atoms with E-state index in [0.717, 1.165) is 23.3 Å². The van der Waals surface area contributed by atoms with Crippen LogP contribution in [0.5, 0.6) is 0 Å². The summed E-state index contributed by atoms with van der Waals surface area (Å²) in [5, 5.41) is 10.0. The normalized spacial score (nSPS) is 13.2. The standard InChI is InChI=1S/C16H14F4O/c1-10-2-4-11(5-3-10)8-15(21)12-6-7-13(14(17)9-12)16(18,19)20/h2-7,9,15,21H,8H2,1H3. The van der Waals surface area contributed by atoms with E-state index in [9.17, 15) is 22.7 Å². The molecule has 0 spiro atoms. The number of aliphatic hydroxyl groups excluding tert-OH is 1. The molecule has 5 heteroatoms. The fourth-order valence-electron chi connectivity index (χ4n) is 2.03. The highest BCUT2D eigenvalue weighted by Gasteiger charge is 2.34. The van der Waals surface area contributed by atoms with Crippen molar-refractivity contribution in [1.29, 1.82) is 0 Å². The van der Waals surface area contributed by atoms with Crippen LogP contribution in [0.4, 0.5) is 17.6 Å². The monoisotopic (exact) mass is 298 g/mol. The van der Waals surface area contributed by atoms with Crippen LogP contribution in [-0.4, -0.2) is 5.11 Å². The molecule has 1 N–H and O–H groups in total. The summed E-state index contributed by atoms with van der Waals surface area (Å²) in [4.78, 5) is 0. The minimum Gasteiger partial charge on any atom is -0.388 e. The molecule has 2 aromatic rings. The van der Waals surface area contributed by atoms with Crippen molar-refractivity contribution < 1.29 is 22.7 Å². The lowest BCUT2D eigenvalue weighted by Crippen LogP contribution is -2.10. The van der Waals surface area contributed by atoms with Crippen molar-refractivity contribution >= 4 is 0 Å². The molecule has 1 atom stereocenters. The van der Waals surface area contributed by atoms with Crippen LogP contribution in [0.3, 0.4) is 0 Å². The van der Waals surface area contributed by atoms with Crippen LogP contribution in [0.15, 0.2) is 42.5 Å². The first-order valence-corrected chi connectivity index (χ1v) is 6.37. The van der Waals surface area contributed by atoms with Crippen molar-refractivity contribution in [3.63, 3.8) is 0 Å². The van der Waals surface area contributed by atoms with Crippen LogP contribution in [0.2, 0.25) is 0 Å². The quantitative estimate of drug-likeness (QED) is 0.831. The summed E-state index contributed by atoms with van der Waals surface area (Å²) < 4.78 is 50.9. The highest BCUT2D eigenvalue weighted by atomic mass is 19.4. The fraction of sp³-hybridized carbons (Fsp3) is 0.250. The Morgan fingerprint density at radius 2 is 1.67 bits per heavy atom. The second-order valence-corrected chi connectivity index (χ2v) is 4.94. The van der Waals surface area contributed by atoms with Gasteiger partial charge in [-0.2, -0.15) is 13.2 Å². The molecular formula is C16H14F4O. The molecule has 0 saturated carbocycles. The van der Waals surface area contributed by atoms with Crippen molar-refractivity contribution in [2.45, 2.75) is 25.6 Å². The maximum absolute atomic E-state index is 13.5. The van der Waals surface area contributed by atoms with Gasteiger partial charge in [-0.25, -0.2) is 4.39 Å². The number of aliphatic hydroxyl groups is 1. The summed E-state index contributed by atoms with van der Waals surface area (Å²) in [5.41, 5.74) is 0.692. The van der Waals surface area contributed by atoms with Gasteiger partial charge in [0.15, 0.2) is 0 Å². The second kappa shape index (κ2) is 5.85. The van der Waals surface area contributed by atoms with Gasteiger partial charge in [-0.05, 0) is 30.2 Å². The van der Waals surface area contributed by atoms with E-state index < -0.39 is 23.7 Å². The van der Waals surface area contributed by atoms with Crippen molar-refractivity contribution in [1.82, 2.24) is 0 Å². The Labute approximate surface area is 119 Å². The summed E-state index contributed by atoms with van der Waals surface area (Å²) in [6.45, 7) is 1.92. The molecule has 112 valence electrons. The number of alkyl halides is 3. The molecule has 0 aliphatic carbocycles. The SMILES string of the molecule is Cc1ccc(CC(O)c2ccc(C(F)(F)F)c(F)c2)cc1. The van der Waals surface area contributed by atoms with Crippen LogP contribution in [-0.2, 0) is 12.6 Å². The van der Waals surface area contributed by atoms with Crippen LogP contribution < -0.4 is 0 Å². The highest BCUT2D eigenvalue weighted by Crippen LogP contribution is 2.32. The maximum Gasteiger partial charge on any atom is 0.419 e. The van der Waals surface area contributed by atoms with Gasteiger partial charge in [-0.15, -0.1) is 0 Å². The summed E-state index contributed by atoms with van der Waals surface area (Å²) in [6.07, 6.45) is -5.57. The predicted molar refractivity (Wildman–Crippen MR) is 71.2 cm³/mol. The average molecular weight is 298 g/mol. The Balaban J connectivity index is 2.18. The third-order valence-corrected chi connectivity index (χ3v) is 3.23. The minimum absolute atomic E-state index is 0.126. The number of hydrogen-bond donors (Lipinski definition) is 1. The molecular weight excluding hydrogens is 284 g/mol. The topological polar surface area (TPSA) is 20.2 Å².